The first kappa shape index (κ1) is 23.8. The largest absolute Gasteiger partial charge is 0.449 e. The summed E-state index contributed by atoms with van der Waals surface area (Å²) in [4.78, 5) is 41.3. The van der Waals surface area contributed by atoms with Gasteiger partial charge in [0.25, 0.3) is 15.9 Å². The molecule has 2 aromatic heterocycles. The van der Waals surface area contributed by atoms with Crippen LogP contribution in [0.15, 0.2) is 62.7 Å². The number of fused-ring (bicyclic) bond motifs is 1. The Kier molecular flexibility index (Phi) is 6.42. The molecule has 182 valence electrons. The molecule has 0 spiro atoms. The number of imidazole rings is 1. The summed E-state index contributed by atoms with van der Waals surface area (Å²) in [5.74, 6) is -0.583. The number of aromatic nitrogens is 3. The maximum absolute atomic E-state index is 12.7. The van der Waals surface area contributed by atoms with Crippen LogP contribution >= 0.6 is 0 Å². The Bertz CT molecular complexity index is 1550. The van der Waals surface area contributed by atoms with Crippen LogP contribution in [-0.4, -0.2) is 41.5 Å². The number of esters is 1. The van der Waals surface area contributed by atoms with Crippen molar-refractivity contribution < 1.29 is 27.3 Å². The topological polar surface area (TPSA) is 176 Å². The Morgan fingerprint density at radius 2 is 1.80 bits per heavy atom. The molecule has 0 aliphatic rings. The van der Waals surface area contributed by atoms with Crippen LogP contribution in [0.3, 0.4) is 0 Å². The van der Waals surface area contributed by atoms with Gasteiger partial charge < -0.3 is 24.5 Å². The molecule has 4 rings (SSSR count). The second-order valence-electron chi connectivity index (χ2n) is 7.58. The minimum atomic E-state index is -3.96. The molecule has 2 aromatic carbocycles. The molecular formula is C22H21N5O7S. The number of aromatic amines is 2. The van der Waals surface area contributed by atoms with Crippen LogP contribution in [0.1, 0.15) is 29.5 Å². The number of sulfonamides is 1. The minimum absolute atomic E-state index is 0.0529. The first-order valence-corrected chi connectivity index (χ1v) is 11.9. The van der Waals surface area contributed by atoms with Gasteiger partial charge in [-0.25, -0.2) is 18.0 Å². The Hall–Kier alpha value is -4.39. The van der Waals surface area contributed by atoms with Crippen molar-refractivity contribution in [2.75, 3.05) is 10.0 Å². The lowest BCUT2D eigenvalue weighted by Crippen LogP contribution is -2.32. The van der Waals surface area contributed by atoms with Crippen LogP contribution in [0.25, 0.3) is 11.0 Å². The first-order valence-electron chi connectivity index (χ1n) is 10.4. The molecule has 13 heteroatoms. The predicted octanol–water partition coefficient (Wildman–Crippen LogP) is 2.53. The third kappa shape index (κ3) is 5.41. The number of H-pyrrole nitrogens is 2. The molecule has 2 heterocycles. The second kappa shape index (κ2) is 9.46. The van der Waals surface area contributed by atoms with Gasteiger partial charge >= 0.3 is 11.7 Å². The van der Waals surface area contributed by atoms with Gasteiger partial charge in [0, 0.05) is 11.8 Å². The Morgan fingerprint density at radius 3 is 2.46 bits per heavy atom. The van der Waals surface area contributed by atoms with Crippen LogP contribution < -0.4 is 15.7 Å². The molecule has 1 amide bonds. The van der Waals surface area contributed by atoms with Gasteiger partial charge in [0.05, 0.1) is 21.5 Å². The number of nitrogens with zero attached hydrogens (tertiary/aromatic N) is 1. The summed E-state index contributed by atoms with van der Waals surface area (Å²) in [5, 5.41) is 6.18. The zero-order valence-electron chi connectivity index (χ0n) is 18.6. The van der Waals surface area contributed by atoms with Crippen LogP contribution in [0.2, 0.25) is 0 Å². The number of anilines is 2. The van der Waals surface area contributed by atoms with E-state index in [1.165, 1.54) is 48.5 Å². The van der Waals surface area contributed by atoms with Gasteiger partial charge in [-0.2, -0.15) is 0 Å². The van der Waals surface area contributed by atoms with E-state index in [0.29, 0.717) is 16.8 Å². The van der Waals surface area contributed by atoms with Crippen LogP contribution in [0, 0.1) is 6.92 Å². The smallest absolute Gasteiger partial charge is 0.338 e. The van der Waals surface area contributed by atoms with Gasteiger partial charge in [-0.15, -0.1) is 0 Å². The van der Waals surface area contributed by atoms with E-state index in [9.17, 15) is 22.8 Å². The van der Waals surface area contributed by atoms with Crippen molar-refractivity contribution in [3.05, 3.63) is 70.3 Å². The lowest BCUT2D eigenvalue weighted by Gasteiger charge is -2.15. The fraction of sp³-hybridized carbons (Fsp3) is 0.182. The molecule has 0 saturated carbocycles. The monoisotopic (exact) mass is 499 g/mol. The van der Waals surface area contributed by atoms with Gasteiger partial charge in [-0.05, 0) is 55.8 Å². The highest BCUT2D eigenvalue weighted by Gasteiger charge is 2.23. The lowest BCUT2D eigenvalue weighted by atomic mass is 10.2. The molecule has 0 aliphatic heterocycles. The number of hydrogen-bond acceptors (Lipinski definition) is 8. The summed E-state index contributed by atoms with van der Waals surface area (Å²) < 4.78 is 38.0. The van der Waals surface area contributed by atoms with Crippen molar-refractivity contribution in [2.45, 2.75) is 31.3 Å². The zero-order valence-corrected chi connectivity index (χ0v) is 19.4. The summed E-state index contributed by atoms with van der Waals surface area (Å²) in [5.41, 5.74) is 0.718. The average Bonchev–Trinajstić information content (AvgIpc) is 3.40. The van der Waals surface area contributed by atoms with Crippen molar-refractivity contribution in [1.29, 1.82) is 0 Å². The zero-order chi connectivity index (χ0) is 25.2. The van der Waals surface area contributed by atoms with E-state index in [1.807, 2.05) is 0 Å². The van der Waals surface area contributed by atoms with Crippen molar-refractivity contribution >= 4 is 44.4 Å². The van der Waals surface area contributed by atoms with Crippen molar-refractivity contribution in [1.82, 2.24) is 15.1 Å². The van der Waals surface area contributed by atoms with E-state index < -0.39 is 33.7 Å². The normalized spacial score (nSPS) is 12.3. The fourth-order valence-corrected chi connectivity index (χ4v) is 4.30. The number of amides is 1. The van der Waals surface area contributed by atoms with E-state index in [0.717, 1.165) is 0 Å². The molecule has 1 atom stereocenters. The average molecular weight is 500 g/mol. The van der Waals surface area contributed by atoms with Crippen molar-refractivity contribution in [3.63, 3.8) is 0 Å². The van der Waals surface area contributed by atoms with Crippen LogP contribution in [0.5, 0.6) is 0 Å². The highest BCUT2D eigenvalue weighted by Crippen LogP contribution is 2.20. The standard InChI is InChI=1S/C22H21N5O7S/c1-3-18(20(28)25-19-10-12(2)34-26-19)33-21(29)13-4-6-14(7-5-13)27-35(31,32)15-8-9-16-17(11-15)24-22(30)23-16/h4-11,18,27H,3H2,1-2H3,(H2,23,24,30)(H,25,26,28). The summed E-state index contributed by atoms with van der Waals surface area (Å²) in [7, 11) is -3.96. The predicted molar refractivity (Wildman–Crippen MR) is 126 cm³/mol. The molecule has 0 radical (unpaired) electrons. The highest BCUT2D eigenvalue weighted by molar-refractivity contribution is 7.92. The molecule has 4 aromatic rings. The number of aryl methyl sites for hydroxylation is 1. The second-order valence-corrected chi connectivity index (χ2v) is 9.27. The molecule has 12 nitrogen and oxygen atoms in total. The Labute approximate surface area is 198 Å². The number of hydrogen-bond donors (Lipinski definition) is 4. The van der Waals surface area contributed by atoms with Crippen LogP contribution in [-0.2, 0) is 19.6 Å². The van der Waals surface area contributed by atoms with Gasteiger partial charge in [0.2, 0.25) is 0 Å². The maximum atomic E-state index is 12.7. The van der Waals surface area contributed by atoms with E-state index in [4.69, 9.17) is 9.26 Å². The van der Waals surface area contributed by atoms with Crippen molar-refractivity contribution in [3.8, 4) is 0 Å². The molecule has 0 aliphatic carbocycles. The Balaban J connectivity index is 1.41. The third-order valence-corrected chi connectivity index (χ3v) is 6.34. The number of carbonyl (C=O) groups excluding carboxylic acids is 2. The SMILES string of the molecule is CCC(OC(=O)c1ccc(NS(=O)(=O)c2ccc3[nH]c(=O)[nH]c3c2)cc1)C(=O)Nc1cc(C)on1. The molecule has 0 bridgehead atoms. The summed E-state index contributed by atoms with van der Waals surface area (Å²) in [6.45, 7) is 3.36. The Morgan fingerprint density at radius 1 is 1.09 bits per heavy atom. The quantitative estimate of drug-likeness (QED) is 0.267. The molecule has 0 fully saturated rings. The number of carbonyl (C=O) groups is 2. The van der Waals surface area contributed by atoms with Crippen molar-refractivity contribution in [2.24, 2.45) is 0 Å². The van der Waals surface area contributed by atoms with E-state index in [1.54, 1.807) is 13.8 Å². The van der Waals surface area contributed by atoms with E-state index >= 15 is 0 Å². The lowest BCUT2D eigenvalue weighted by molar-refractivity contribution is -0.124. The van der Waals surface area contributed by atoms with Gasteiger partial charge in [0.1, 0.15) is 5.76 Å². The molecule has 1 unspecified atom stereocenters. The fourth-order valence-electron chi connectivity index (χ4n) is 3.22. The third-order valence-electron chi connectivity index (χ3n) is 4.96. The molecule has 4 N–H and O–H groups in total. The number of benzene rings is 2. The summed E-state index contributed by atoms with van der Waals surface area (Å²) >= 11 is 0. The minimum Gasteiger partial charge on any atom is -0.449 e. The molecular weight excluding hydrogens is 478 g/mol. The summed E-state index contributed by atoms with van der Waals surface area (Å²) in [6, 6.07) is 11.2. The van der Waals surface area contributed by atoms with Crippen LogP contribution in [0.4, 0.5) is 11.5 Å². The van der Waals surface area contributed by atoms with Gasteiger partial charge in [-0.1, -0.05) is 12.1 Å². The molecule has 0 saturated heterocycles. The number of nitrogens with one attached hydrogen (secondary N) is 4. The first-order chi connectivity index (χ1) is 16.6. The van der Waals surface area contributed by atoms with Gasteiger partial charge in [0.15, 0.2) is 11.9 Å². The maximum Gasteiger partial charge on any atom is 0.338 e. The number of ether oxygens (including phenoxy) is 1. The van der Waals surface area contributed by atoms with Gasteiger partial charge in [-0.3, -0.25) is 9.52 Å². The highest BCUT2D eigenvalue weighted by atomic mass is 32.2. The van der Waals surface area contributed by atoms with E-state index in [-0.39, 0.29) is 28.4 Å². The summed E-state index contributed by atoms with van der Waals surface area (Å²) in [6.07, 6.45) is -0.837. The number of rotatable bonds is 8. The molecule has 35 heavy (non-hydrogen) atoms. The van der Waals surface area contributed by atoms with E-state index in [2.05, 4.69) is 25.2 Å².